The fourth-order valence-corrected chi connectivity index (χ4v) is 4.79. The third-order valence-corrected chi connectivity index (χ3v) is 7.56. The monoisotopic (exact) mass is 536 g/mol. The van der Waals surface area contributed by atoms with Gasteiger partial charge in [-0.2, -0.15) is 9.78 Å². The Labute approximate surface area is 235 Å². The second-order valence-electron chi connectivity index (χ2n) is 11.7. The van der Waals surface area contributed by atoms with Gasteiger partial charge in [-0.1, -0.05) is 69.2 Å². The first-order chi connectivity index (χ1) is 19.1. The molecule has 3 N–H and O–H groups in total. The van der Waals surface area contributed by atoms with Crippen molar-refractivity contribution in [2.45, 2.75) is 64.8 Å². The number of aryl methyl sites for hydroxylation is 1. The van der Waals surface area contributed by atoms with Crippen molar-refractivity contribution >= 4 is 17.6 Å². The summed E-state index contributed by atoms with van der Waals surface area (Å²) in [6.45, 7) is 8.81. The molecule has 1 aromatic heterocycles. The van der Waals surface area contributed by atoms with Gasteiger partial charge in [0.15, 0.2) is 0 Å². The number of nitrogens with zero attached hydrogens (tertiary/aromatic N) is 2. The number of anilines is 1. The fraction of sp³-hybridized carbons (Fsp3) is 0.303. The van der Waals surface area contributed by atoms with Crippen LogP contribution in [0.25, 0.3) is 11.3 Å². The standard InChI is InChI=1S/C33H36N4O3/c1-21-8-10-22(11-9-21)20-34-32(40)37-29(23-6-5-7-23)19-28(36-37)27-17-16-26(18-30(27)38)35-31(39)24-12-14-25(15-13-24)33(2,3)4/h8-19,23,38H,5-7,20H2,1-4H3,(H,34,40)(H,35,39). The summed E-state index contributed by atoms with van der Waals surface area (Å²) in [5, 5.41) is 21.3. The lowest BCUT2D eigenvalue weighted by atomic mass is 9.82. The maximum absolute atomic E-state index is 13.1. The molecule has 206 valence electrons. The quantitative estimate of drug-likeness (QED) is 0.244. The van der Waals surface area contributed by atoms with E-state index in [2.05, 4.69) is 36.5 Å². The van der Waals surface area contributed by atoms with Crippen molar-refractivity contribution in [2.75, 3.05) is 5.32 Å². The van der Waals surface area contributed by atoms with Crippen molar-refractivity contribution in [2.24, 2.45) is 0 Å². The summed E-state index contributed by atoms with van der Waals surface area (Å²) in [6, 6.07) is 22.1. The molecular weight excluding hydrogens is 500 g/mol. The van der Waals surface area contributed by atoms with Crippen molar-refractivity contribution in [3.05, 3.63) is 101 Å². The third-order valence-electron chi connectivity index (χ3n) is 7.56. The van der Waals surface area contributed by atoms with Gasteiger partial charge in [0.2, 0.25) is 0 Å². The maximum atomic E-state index is 13.1. The molecule has 0 bridgehead atoms. The Kier molecular flexibility index (Phi) is 7.48. The summed E-state index contributed by atoms with van der Waals surface area (Å²) >= 11 is 0. The molecular formula is C33H36N4O3. The van der Waals surface area contributed by atoms with E-state index in [1.54, 1.807) is 12.1 Å². The molecule has 0 radical (unpaired) electrons. The minimum Gasteiger partial charge on any atom is -0.507 e. The SMILES string of the molecule is Cc1ccc(CNC(=O)n2nc(-c3ccc(NC(=O)c4ccc(C(C)(C)C)cc4)cc3O)cc2C2CCC2)cc1. The van der Waals surface area contributed by atoms with Gasteiger partial charge in [0.05, 0.1) is 11.4 Å². The average molecular weight is 537 g/mol. The van der Waals surface area contributed by atoms with Crippen LogP contribution in [0.4, 0.5) is 10.5 Å². The zero-order valence-electron chi connectivity index (χ0n) is 23.5. The molecule has 0 saturated heterocycles. The number of aromatic hydroxyl groups is 1. The Balaban J connectivity index is 1.32. The van der Waals surface area contributed by atoms with Crippen LogP contribution in [0.2, 0.25) is 0 Å². The Morgan fingerprint density at radius 1 is 0.975 bits per heavy atom. The van der Waals surface area contributed by atoms with Crippen LogP contribution in [-0.2, 0) is 12.0 Å². The Morgan fingerprint density at radius 3 is 2.27 bits per heavy atom. The van der Waals surface area contributed by atoms with Crippen LogP contribution >= 0.6 is 0 Å². The second kappa shape index (κ2) is 11.0. The van der Waals surface area contributed by atoms with Crippen molar-refractivity contribution in [1.82, 2.24) is 15.1 Å². The molecule has 1 saturated carbocycles. The molecule has 7 heteroatoms. The lowest BCUT2D eigenvalue weighted by Gasteiger charge is -2.25. The highest BCUT2D eigenvalue weighted by atomic mass is 16.3. The number of nitrogens with one attached hydrogen (secondary N) is 2. The topological polar surface area (TPSA) is 96.3 Å². The molecule has 7 nitrogen and oxygen atoms in total. The smallest absolute Gasteiger partial charge is 0.342 e. The van der Waals surface area contributed by atoms with Crippen molar-refractivity contribution in [3.8, 4) is 17.0 Å². The van der Waals surface area contributed by atoms with Gasteiger partial charge in [-0.3, -0.25) is 4.79 Å². The molecule has 40 heavy (non-hydrogen) atoms. The van der Waals surface area contributed by atoms with E-state index in [4.69, 9.17) is 0 Å². The number of amides is 2. The van der Waals surface area contributed by atoms with E-state index < -0.39 is 0 Å². The fourth-order valence-electron chi connectivity index (χ4n) is 4.79. The van der Waals surface area contributed by atoms with Gasteiger partial charge in [0.25, 0.3) is 5.91 Å². The van der Waals surface area contributed by atoms with Gasteiger partial charge in [0, 0.05) is 35.3 Å². The normalized spacial score (nSPS) is 13.5. The largest absolute Gasteiger partial charge is 0.507 e. The Hall–Kier alpha value is -4.39. The molecule has 4 aromatic rings. The molecule has 2 amide bonds. The van der Waals surface area contributed by atoms with Crippen LogP contribution in [-0.4, -0.2) is 26.8 Å². The zero-order chi connectivity index (χ0) is 28.4. The number of carbonyl (C=O) groups excluding carboxylic acids is 2. The molecule has 1 aliphatic rings. The van der Waals surface area contributed by atoms with Gasteiger partial charge in [-0.25, -0.2) is 4.79 Å². The third kappa shape index (κ3) is 5.93. The number of phenols is 1. The summed E-state index contributed by atoms with van der Waals surface area (Å²) in [4.78, 5) is 26.0. The van der Waals surface area contributed by atoms with Crippen LogP contribution in [0.15, 0.2) is 72.8 Å². The minimum absolute atomic E-state index is 0.00385. The number of hydrogen-bond acceptors (Lipinski definition) is 4. The summed E-state index contributed by atoms with van der Waals surface area (Å²) in [5.41, 5.74) is 6.20. The van der Waals surface area contributed by atoms with Crippen LogP contribution in [0.3, 0.4) is 0 Å². The van der Waals surface area contributed by atoms with Crippen LogP contribution in [0.1, 0.15) is 78.7 Å². The van der Waals surface area contributed by atoms with Gasteiger partial charge >= 0.3 is 6.03 Å². The van der Waals surface area contributed by atoms with E-state index in [1.807, 2.05) is 61.5 Å². The van der Waals surface area contributed by atoms with Crippen LogP contribution in [0.5, 0.6) is 5.75 Å². The van der Waals surface area contributed by atoms with Gasteiger partial charge in [-0.05, 0) is 66.6 Å². The Bertz CT molecular complexity index is 1530. The highest BCUT2D eigenvalue weighted by Gasteiger charge is 2.27. The van der Waals surface area contributed by atoms with E-state index in [-0.39, 0.29) is 29.0 Å². The van der Waals surface area contributed by atoms with Crippen LogP contribution < -0.4 is 10.6 Å². The van der Waals surface area contributed by atoms with E-state index in [1.165, 1.54) is 16.3 Å². The van der Waals surface area contributed by atoms with Crippen LogP contribution in [0, 0.1) is 6.92 Å². The Morgan fingerprint density at radius 2 is 1.68 bits per heavy atom. The first-order valence-corrected chi connectivity index (χ1v) is 13.8. The predicted molar refractivity (Wildman–Crippen MR) is 158 cm³/mol. The molecule has 0 unspecified atom stereocenters. The van der Waals surface area contributed by atoms with E-state index in [0.29, 0.717) is 29.1 Å². The molecule has 0 aliphatic heterocycles. The number of aromatic nitrogens is 2. The molecule has 0 atom stereocenters. The minimum atomic E-state index is -0.297. The van der Waals surface area contributed by atoms with Crippen molar-refractivity contribution in [1.29, 1.82) is 0 Å². The van der Waals surface area contributed by atoms with E-state index in [9.17, 15) is 14.7 Å². The lowest BCUT2D eigenvalue weighted by Crippen LogP contribution is -2.31. The molecule has 3 aromatic carbocycles. The zero-order valence-corrected chi connectivity index (χ0v) is 23.5. The highest BCUT2D eigenvalue weighted by molar-refractivity contribution is 6.04. The summed E-state index contributed by atoms with van der Waals surface area (Å²) in [6.07, 6.45) is 3.13. The van der Waals surface area contributed by atoms with E-state index in [0.717, 1.165) is 36.1 Å². The predicted octanol–water partition coefficient (Wildman–Crippen LogP) is 7.14. The average Bonchev–Trinajstić information content (AvgIpc) is 3.31. The lowest BCUT2D eigenvalue weighted by molar-refractivity contribution is 0.102. The van der Waals surface area contributed by atoms with Gasteiger partial charge < -0.3 is 15.7 Å². The number of rotatable bonds is 6. The maximum Gasteiger partial charge on any atom is 0.342 e. The summed E-state index contributed by atoms with van der Waals surface area (Å²) in [5.74, 6) is -0.0168. The molecule has 1 heterocycles. The first-order valence-electron chi connectivity index (χ1n) is 13.8. The van der Waals surface area contributed by atoms with Gasteiger partial charge in [-0.15, -0.1) is 0 Å². The van der Waals surface area contributed by atoms with Gasteiger partial charge in [0.1, 0.15) is 5.75 Å². The number of hydrogen-bond donors (Lipinski definition) is 3. The number of benzene rings is 3. The molecule has 1 aliphatic carbocycles. The summed E-state index contributed by atoms with van der Waals surface area (Å²) in [7, 11) is 0. The number of carbonyl (C=O) groups is 2. The van der Waals surface area contributed by atoms with Crippen molar-refractivity contribution in [3.63, 3.8) is 0 Å². The molecule has 0 spiro atoms. The van der Waals surface area contributed by atoms with E-state index >= 15 is 0 Å². The highest BCUT2D eigenvalue weighted by Crippen LogP contribution is 2.39. The molecule has 5 rings (SSSR count). The second-order valence-corrected chi connectivity index (χ2v) is 11.7. The first kappa shape index (κ1) is 27.2. The number of phenolic OH excluding ortho intramolecular Hbond substituents is 1. The van der Waals surface area contributed by atoms with Crippen molar-refractivity contribution < 1.29 is 14.7 Å². The molecule has 1 fully saturated rings. The summed E-state index contributed by atoms with van der Waals surface area (Å²) < 4.78 is 1.43.